The van der Waals surface area contributed by atoms with Crippen molar-refractivity contribution in [2.75, 3.05) is 31.5 Å². The molecule has 1 aromatic heterocycles. The number of carbonyl (C=O) groups excluding carboxylic acids is 2. The number of benzene rings is 2. The monoisotopic (exact) mass is 478 g/mol. The van der Waals surface area contributed by atoms with Gasteiger partial charge in [0.25, 0.3) is 5.91 Å². The fourth-order valence-corrected chi connectivity index (χ4v) is 4.29. The van der Waals surface area contributed by atoms with Crippen LogP contribution >= 0.6 is 34.8 Å². The van der Waals surface area contributed by atoms with Gasteiger partial charge in [0.1, 0.15) is 5.69 Å². The molecule has 3 aromatic rings. The third-order valence-corrected chi connectivity index (χ3v) is 6.59. The van der Waals surface area contributed by atoms with Crippen molar-refractivity contribution in [3.05, 3.63) is 63.2 Å². The summed E-state index contributed by atoms with van der Waals surface area (Å²) in [4.78, 5) is 32.6. The minimum absolute atomic E-state index is 0.0319. The van der Waals surface area contributed by atoms with Crippen LogP contribution in [-0.4, -0.2) is 58.8 Å². The molecule has 2 amide bonds. The number of aromatic nitrogens is 1. The number of hydrogen-bond donors (Lipinski definition) is 2. The van der Waals surface area contributed by atoms with Crippen LogP contribution in [0.2, 0.25) is 15.1 Å². The van der Waals surface area contributed by atoms with Gasteiger partial charge in [0, 0.05) is 37.1 Å². The Morgan fingerprint density at radius 1 is 0.968 bits per heavy atom. The van der Waals surface area contributed by atoms with Crippen molar-refractivity contribution in [3.8, 4) is 0 Å². The Hall–Kier alpha value is -2.25. The van der Waals surface area contributed by atoms with Gasteiger partial charge in [0.2, 0.25) is 5.91 Å². The molecule has 1 saturated heterocycles. The number of anilines is 1. The SMILES string of the molecule is CC(C(=O)Nc1cc(Cl)c(Cl)cc1Cl)N1CCN(C(=O)c2cc3ccccc3[nH]2)CC1. The predicted molar refractivity (Wildman–Crippen MR) is 125 cm³/mol. The normalized spacial score (nSPS) is 15.8. The maximum atomic E-state index is 12.9. The lowest BCUT2D eigenvalue weighted by Gasteiger charge is -2.37. The second-order valence-electron chi connectivity index (χ2n) is 7.51. The zero-order valence-corrected chi connectivity index (χ0v) is 19.1. The Labute approximate surface area is 195 Å². The van der Waals surface area contributed by atoms with E-state index in [4.69, 9.17) is 34.8 Å². The molecule has 1 fully saturated rings. The number of aromatic amines is 1. The van der Waals surface area contributed by atoms with Crippen LogP contribution < -0.4 is 5.32 Å². The average Bonchev–Trinajstić information content (AvgIpc) is 3.21. The summed E-state index contributed by atoms with van der Waals surface area (Å²) < 4.78 is 0. The lowest BCUT2D eigenvalue weighted by Crippen LogP contribution is -2.54. The Morgan fingerprint density at radius 2 is 1.65 bits per heavy atom. The van der Waals surface area contributed by atoms with Crippen molar-refractivity contribution in [1.29, 1.82) is 0 Å². The Bertz CT molecular complexity index is 1110. The first-order chi connectivity index (χ1) is 14.8. The predicted octanol–water partition coefficient (Wildman–Crippen LogP) is 4.91. The molecular formula is C22H21Cl3N4O2. The molecule has 2 aromatic carbocycles. The standard InChI is InChI=1S/C22H21Cl3N4O2/c1-13(21(30)27-19-12-16(24)15(23)11-17(19)25)28-6-8-29(9-7-28)22(31)20-10-14-4-2-3-5-18(14)26-20/h2-5,10-13,26H,6-9H2,1H3,(H,27,30). The molecule has 162 valence electrons. The molecule has 0 bridgehead atoms. The molecule has 2 heterocycles. The minimum Gasteiger partial charge on any atom is -0.351 e. The Kier molecular flexibility index (Phi) is 6.44. The molecule has 1 unspecified atom stereocenters. The highest BCUT2D eigenvalue weighted by molar-refractivity contribution is 6.44. The van der Waals surface area contributed by atoms with E-state index in [-0.39, 0.29) is 11.8 Å². The van der Waals surface area contributed by atoms with Gasteiger partial charge in [-0.3, -0.25) is 14.5 Å². The Morgan fingerprint density at radius 3 is 2.35 bits per heavy atom. The number of nitrogens with one attached hydrogen (secondary N) is 2. The first-order valence-electron chi connectivity index (χ1n) is 9.90. The number of piperazine rings is 1. The number of amides is 2. The van der Waals surface area contributed by atoms with Crippen molar-refractivity contribution in [3.63, 3.8) is 0 Å². The van der Waals surface area contributed by atoms with E-state index in [9.17, 15) is 9.59 Å². The quantitative estimate of drug-likeness (QED) is 0.522. The summed E-state index contributed by atoms with van der Waals surface area (Å²) >= 11 is 18.1. The number of H-pyrrole nitrogens is 1. The molecule has 0 saturated carbocycles. The van der Waals surface area contributed by atoms with Crippen LogP contribution in [0.4, 0.5) is 5.69 Å². The molecule has 0 radical (unpaired) electrons. The Balaban J connectivity index is 1.36. The number of nitrogens with zero attached hydrogens (tertiary/aromatic N) is 2. The topological polar surface area (TPSA) is 68.4 Å². The number of para-hydroxylation sites is 1. The maximum absolute atomic E-state index is 12.9. The summed E-state index contributed by atoms with van der Waals surface area (Å²) in [6, 6.07) is 12.3. The molecule has 0 spiro atoms. The zero-order valence-electron chi connectivity index (χ0n) is 16.8. The van der Waals surface area contributed by atoms with Gasteiger partial charge in [-0.1, -0.05) is 53.0 Å². The van der Waals surface area contributed by atoms with Crippen LogP contribution in [-0.2, 0) is 4.79 Å². The van der Waals surface area contributed by atoms with Gasteiger partial charge in [-0.15, -0.1) is 0 Å². The van der Waals surface area contributed by atoms with Crippen molar-refractivity contribution in [2.45, 2.75) is 13.0 Å². The molecule has 4 rings (SSSR count). The third kappa shape index (κ3) is 4.67. The van der Waals surface area contributed by atoms with Crippen LogP contribution in [0.3, 0.4) is 0 Å². The van der Waals surface area contributed by atoms with Crippen LogP contribution in [0, 0.1) is 0 Å². The lowest BCUT2D eigenvalue weighted by molar-refractivity contribution is -0.121. The molecule has 31 heavy (non-hydrogen) atoms. The van der Waals surface area contributed by atoms with E-state index in [0.717, 1.165) is 10.9 Å². The highest BCUT2D eigenvalue weighted by atomic mass is 35.5. The molecule has 1 aliphatic heterocycles. The van der Waals surface area contributed by atoms with Gasteiger partial charge < -0.3 is 15.2 Å². The number of fused-ring (bicyclic) bond motifs is 1. The zero-order chi connectivity index (χ0) is 22.1. The van der Waals surface area contributed by atoms with Crippen LogP contribution in [0.25, 0.3) is 10.9 Å². The maximum Gasteiger partial charge on any atom is 0.270 e. The van der Waals surface area contributed by atoms with E-state index in [1.807, 2.05) is 47.1 Å². The first kappa shape index (κ1) is 22.0. The minimum atomic E-state index is -0.393. The molecule has 1 atom stereocenters. The number of rotatable bonds is 4. The number of halogens is 3. The van der Waals surface area contributed by atoms with Crippen molar-refractivity contribution in [1.82, 2.24) is 14.8 Å². The molecule has 0 aliphatic carbocycles. The largest absolute Gasteiger partial charge is 0.351 e. The third-order valence-electron chi connectivity index (χ3n) is 5.56. The summed E-state index contributed by atoms with van der Waals surface area (Å²) in [6.07, 6.45) is 0. The van der Waals surface area contributed by atoms with Gasteiger partial charge in [0.05, 0.1) is 26.8 Å². The summed E-state index contributed by atoms with van der Waals surface area (Å²) in [5, 5.41) is 4.79. The van der Waals surface area contributed by atoms with Crippen molar-refractivity contribution < 1.29 is 9.59 Å². The number of hydrogen-bond acceptors (Lipinski definition) is 3. The van der Waals surface area contributed by atoms with Crippen molar-refractivity contribution in [2.24, 2.45) is 0 Å². The first-order valence-corrected chi connectivity index (χ1v) is 11.0. The highest BCUT2D eigenvalue weighted by Crippen LogP contribution is 2.32. The molecule has 2 N–H and O–H groups in total. The van der Waals surface area contributed by atoms with Gasteiger partial charge in [-0.2, -0.15) is 0 Å². The van der Waals surface area contributed by atoms with Gasteiger partial charge in [0.15, 0.2) is 0 Å². The summed E-state index contributed by atoms with van der Waals surface area (Å²) in [5.74, 6) is -0.230. The van der Waals surface area contributed by atoms with Gasteiger partial charge in [-0.25, -0.2) is 0 Å². The number of carbonyl (C=O) groups is 2. The fourth-order valence-electron chi connectivity index (χ4n) is 3.69. The van der Waals surface area contributed by atoms with Gasteiger partial charge >= 0.3 is 0 Å². The second-order valence-corrected chi connectivity index (χ2v) is 8.73. The highest BCUT2D eigenvalue weighted by Gasteiger charge is 2.28. The van der Waals surface area contributed by atoms with Crippen LogP contribution in [0.5, 0.6) is 0 Å². The smallest absolute Gasteiger partial charge is 0.270 e. The molecule has 1 aliphatic rings. The summed E-state index contributed by atoms with van der Waals surface area (Å²) in [6.45, 7) is 4.10. The van der Waals surface area contributed by atoms with E-state index >= 15 is 0 Å². The average molecular weight is 480 g/mol. The second kappa shape index (κ2) is 9.09. The van der Waals surface area contributed by atoms with E-state index in [0.29, 0.717) is 52.6 Å². The summed E-state index contributed by atoms with van der Waals surface area (Å²) in [5.41, 5.74) is 1.94. The van der Waals surface area contributed by atoms with Crippen LogP contribution in [0.15, 0.2) is 42.5 Å². The van der Waals surface area contributed by atoms with E-state index in [1.54, 1.807) is 0 Å². The van der Waals surface area contributed by atoms with Crippen LogP contribution in [0.1, 0.15) is 17.4 Å². The molecule has 9 heteroatoms. The fraction of sp³-hybridized carbons (Fsp3) is 0.273. The molecular weight excluding hydrogens is 459 g/mol. The van der Waals surface area contributed by atoms with Crippen molar-refractivity contribution >= 4 is 63.2 Å². The van der Waals surface area contributed by atoms with E-state index < -0.39 is 6.04 Å². The van der Waals surface area contributed by atoms with E-state index in [1.165, 1.54) is 12.1 Å². The lowest BCUT2D eigenvalue weighted by atomic mass is 10.2. The molecule has 6 nitrogen and oxygen atoms in total. The van der Waals surface area contributed by atoms with E-state index in [2.05, 4.69) is 10.3 Å². The summed E-state index contributed by atoms with van der Waals surface area (Å²) in [7, 11) is 0. The van der Waals surface area contributed by atoms with Gasteiger partial charge in [-0.05, 0) is 31.2 Å².